The molecule has 0 unspecified atom stereocenters. The zero-order chi connectivity index (χ0) is 12.5. The predicted octanol–water partition coefficient (Wildman–Crippen LogP) is 2.39. The van der Waals surface area contributed by atoms with Gasteiger partial charge in [0.2, 0.25) is 0 Å². The van der Waals surface area contributed by atoms with Gasteiger partial charge in [-0.25, -0.2) is 4.79 Å². The number of carbonyl (C=O) groups is 1. The van der Waals surface area contributed by atoms with E-state index in [2.05, 4.69) is 5.48 Å². The molecule has 5 heteroatoms. The van der Waals surface area contributed by atoms with Crippen LogP contribution in [0.2, 0.25) is 0 Å². The average molecular weight is 254 g/mol. The monoisotopic (exact) mass is 253 g/mol. The first-order valence-corrected chi connectivity index (χ1v) is 5.30. The second-order valence-corrected chi connectivity index (χ2v) is 3.27. The van der Waals surface area contributed by atoms with Crippen molar-refractivity contribution >= 4 is 23.6 Å². The van der Waals surface area contributed by atoms with Crippen molar-refractivity contribution in [2.45, 2.75) is 0 Å². The highest BCUT2D eigenvalue weighted by atomic mass is 35.5. The summed E-state index contributed by atoms with van der Waals surface area (Å²) in [5, 5.41) is 8.59. The molecular formula is C12H12ClNO3. The number of aliphatic carboxylic acids is 1. The molecule has 1 rings (SSSR count). The lowest BCUT2D eigenvalue weighted by atomic mass is 10.2. The second kappa shape index (κ2) is 7.49. The van der Waals surface area contributed by atoms with E-state index in [1.807, 2.05) is 36.4 Å². The van der Waals surface area contributed by atoms with Gasteiger partial charge in [0.05, 0.1) is 6.61 Å². The highest BCUT2D eigenvalue weighted by molar-refractivity contribution is 6.27. The van der Waals surface area contributed by atoms with Crippen molar-refractivity contribution in [1.82, 2.24) is 5.48 Å². The fraction of sp³-hybridized carbons (Fsp3) is 0.0833. The van der Waals surface area contributed by atoms with E-state index in [1.165, 1.54) is 0 Å². The molecule has 0 fully saturated rings. The molecule has 17 heavy (non-hydrogen) atoms. The van der Waals surface area contributed by atoms with E-state index in [0.717, 1.165) is 11.1 Å². The van der Waals surface area contributed by atoms with Crippen molar-refractivity contribution in [3.63, 3.8) is 0 Å². The average Bonchev–Trinajstić information content (AvgIpc) is 2.34. The minimum atomic E-state index is -1.17. The van der Waals surface area contributed by atoms with Gasteiger partial charge in [0.15, 0.2) is 5.70 Å². The molecule has 0 aliphatic carbocycles. The van der Waals surface area contributed by atoms with Gasteiger partial charge >= 0.3 is 5.97 Å². The van der Waals surface area contributed by atoms with E-state index < -0.39 is 5.97 Å². The van der Waals surface area contributed by atoms with Gasteiger partial charge in [-0.3, -0.25) is 10.3 Å². The zero-order valence-electron chi connectivity index (χ0n) is 8.97. The van der Waals surface area contributed by atoms with Crippen LogP contribution in [-0.2, 0) is 9.63 Å². The van der Waals surface area contributed by atoms with Crippen LogP contribution in [0.25, 0.3) is 6.08 Å². The van der Waals surface area contributed by atoms with Crippen molar-refractivity contribution in [3.8, 4) is 0 Å². The summed E-state index contributed by atoms with van der Waals surface area (Å²) >= 11 is 5.27. The van der Waals surface area contributed by atoms with Crippen LogP contribution in [0.5, 0.6) is 0 Å². The Kier molecular flexibility index (Phi) is 5.85. The number of hydroxylamine groups is 1. The summed E-state index contributed by atoms with van der Waals surface area (Å²) in [5.41, 5.74) is 3.97. The number of benzene rings is 1. The molecule has 0 amide bonds. The summed E-state index contributed by atoms with van der Waals surface area (Å²) in [6, 6.07) is 9.69. The normalized spacial score (nSPS) is 11.7. The van der Waals surface area contributed by atoms with Crippen molar-refractivity contribution in [2.75, 3.05) is 6.61 Å². The molecule has 0 atom stereocenters. The first-order valence-electron chi connectivity index (χ1n) is 4.87. The van der Waals surface area contributed by atoms with Gasteiger partial charge in [-0.15, -0.1) is 0 Å². The van der Waals surface area contributed by atoms with Gasteiger partial charge in [0.25, 0.3) is 0 Å². The summed E-state index contributed by atoms with van der Waals surface area (Å²) in [6.45, 7) is 0.233. The molecule has 4 nitrogen and oxygen atoms in total. The highest BCUT2D eigenvalue weighted by Gasteiger charge is 2.04. The molecule has 0 spiro atoms. The number of carboxylic acids is 1. The molecule has 0 aliphatic rings. The molecule has 0 saturated carbocycles. The molecular weight excluding hydrogens is 242 g/mol. The quantitative estimate of drug-likeness (QED) is 0.464. The van der Waals surface area contributed by atoms with E-state index in [9.17, 15) is 4.79 Å². The number of rotatable bonds is 6. The Balaban J connectivity index is 2.29. The van der Waals surface area contributed by atoms with Crippen LogP contribution < -0.4 is 5.48 Å². The maximum absolute atomic E-state index is 10.5. The maximum Gasteiger partial charge on any atom is 0.355 e. The number of hydrogen-bond acceptors (Lipinski definition) is 3. The Morgan fingerprint density at radius 2 is 2.12 bits per heavy atom. The van der Waals surface area contributed by atoms with Crippen molar-refractivity contribution in [3.05, 3.63) is 53.2 Å². The highest BCUT2D eigenvalue weighted by Crippen LogP contribution is 2.00. The molecule has 0 aromatic heterocycles. The predicted molar refractivity (Wildman–Crippen MR) is 66.1 cm³/mol. The molecule has 0 saturated heterocycles. The van der Waals surface area contributed by atoms with Crippen molar-refractivity contribution in [2.24, 2.45) is 0 Å². The van der Waals surface area contributed by atoms with Crippen LogP contribution in [0.1, 0.15) is 5.56 Å². The van der Waals surface area contributed by atoms with E-state index in [1.54, 1.807) is 6.08 Å². The van der Waals surface area contributed by atoms with Gasteiger partial charge < -0.3 is 5.11 Å². The Bertz CT molecular complexity index is 415. The van der Waals surface area contributed by atoms with E-state index in [4.69, 9.17) is 21.5 Å². The molecule has 0 aliphatic heterocycles. The molecule has 90 valence electrons. The summed E-state index contributed by atoms with van der Waals surface area (Å²) < 4.78 is 0. The molecule has 1 aromatic carbocycles. The van der Waals surface area contributed by atoms with Gasteiger partial charge in [0.1, 0.15) is 0 Å². The van der Waals surface area contributed by atoms with Crippen molar-refractivity contribution < 1.29 is 14.7 Å². The number of hydrogen-bond donors (Lipinski definition) is 2. The van der Waals surface area contributed by atoms with Gasteiger partial charge in [0, 0.05) is 5.54 Å². The lowest BCUT2D eigenvalue weighted by Crippen LogP contribution is -2.20. The largest absolute Gasteiger partial charge is 0.476 e. The Morgan fingerprint density at radius 3 is 2.71 bits per heavy atom. The molecule has 0 radical (unpaired) electrons. The van der Waals surface area contributed by atoms with Crippen molar-refractivity contribution in [1.29, 1.82) is 0 Å². The number of carboxylic acid groups (broad SMARTS) is 1. The third kappa shape index (κ3) is 5.19. The van der Waals surface area contributed by atoms with E-state index >= 15 is 0 Å². The third-order valence-electron chi connectivity index (χ3n) is 1.81. The Labute approximate surface area is 104 Å². The standard InChI is InChI=1S/C12H12ClNO3/c13-9-11(12(15)16)14-17-8-4-7-10-5-2-1-3-6-10/h1-7,9,14H,8H2,(H,15,16). The van der Waals surface area contributed by atoms with Crippen LogP contribution in [0.3, 0.4) is 0 Å². The number of nitrogens with one attached hydrogen (secondary N) is 1. The number of halogens is 1. The molecule has 0 bridgehead atoms. The summed E-state index contributed by atoms with van der Waals surface area (Å²) in [7, 11) is 0. The minimum absolute atomic E-state index is 0.209. The van der Waals surface area contributed by atoms with Gasteiger partial charge in [-0.2, -0.15) is 0 Å². The summed E-state index contributed by atoms with van der Waals surface area (Å²) in [5.74, 6) is -1.17. The molecule has 2 N–H and O–H groups in total. The lowest BCUT2D eigenvalue weighted by molar-refractivity contribution is -0.134. The first kappa shape index (κ1) is 13.3. The Hall–Kier alpha value is -1.78. The Morgan fingerprint density at radius 1 is 1.41 bits per heavy atom. The lowest BCUT2D eigenvalue weighted by Gasteiger charge is -2.03. The second-order valence-electron chi connectivity index (χ2n) is 3.05. The van der Waals surface area contributed by atoms with Crippen LogP contribution in [0.15, 0.2) is 47.6 Å². The van der Waals surface area contributed by atoms with Crippen LogP contribution in [-0.4, -0.2) is 17.7 Å². The van der Waals surface area contributed by atoms with Crippen LogP contribution >= 0.6 is 11.6 Å². The maximum atomic E-state index is 10.5. The SMILES string of the molecule is O=C(O)C(=CCl)NOCC=Cc1ccccc1. The van der Waals surface area contributed by atoms with E-state index in [0.29, 0.717) is 0 Å². The third-order valence-corrected chi connectivity index (χ3v) is 2.03. The fourth-order valence-corrected chi connectivity index (χ4v) is 1.17. The minimum Gasteiger partial charge on any atom is -0.476 e. The molecule has 1 aromatic rings. The topological polar surface area (TPSA) is 58.6 Å². The zero-order valence-corrected chi connectivity index (χ0v) is 9.72. The smallest absolute Gasteiger partial charge is 0.355 e. The van der Waals surface area contributed by atoms with Gasteiger partial charge in [-0.05, 0) is 5.56 Å². The van der Waals surface area contributed by atoms with Crippen LogP contribution in [0.4, 0.5) is 0 Å². The first-order chi connectivity index (χ1) is 8.24. The fourth-order valence-electron chi connectivity index (χ4n) is 1.03. The summed E-state index contributed by atoms with van der Waals surface area (Å²) in [6.07, 6.45) is 3.63. The van der Waals surface area contributed by atoms with E-state index in [-0.39, 0.29) is 12.3 Å². The van der Waals surface area contributed by atoms with Crippen LogP contribution in [0, 0.1) is 0 Å². The molecule has 0 heterocycles. The van der Waals surface area contributed by atoms with Gasteiger partial charge in [-0.1, -0.05) is 54.1 Å². The summed E-state index contributed by atoms with van der Waals surface area (Å²) in [4.78, 5) is 15.4.